The van der Waals surface area contributed by atoms with Crippen molar-refractivity contribution < 1.29 is 10.0 Å². The van der Waals surface area contributed by atoms with Crippen molar-refractivity contribution in [3.8, 4) is 0 Å². The number of nitro groups is 1. The van der Waals surface area contributed by atoms with Crippen molar-refractivity contribution in [2.45, 2.75) is 32.8 Å². The van der Waals surface area contributed by atoms with Crippen LogP contribution in [0, 0.1) is 17.0 Å². The number of aromatic nitrogens is 1. The van der Waals surface area contributed by atoms with Crippen LogP contribution in [0.1, 0.15) is 25.5 Å². The van der Waals surface area contributed by atoms with E-state index in [4.69, 9.17) is 0 Å². The number of anilines is 1. The zero-order chi connectivity index (χ0) is 12.8. The molecule has 0 aliphatic rings. The first-order chi connectivity index (χ1) is 8.04. The van der Waals surface area contributed by atoms with E-state index in [1.807, 2.05) is 6.92 Å². The maximum absolute atomic E-state index is 10.6. The zero-order valence-corrected chi connectivity index (χ0v) is 10.0. The van der Waals surface area contributed by atoms with Gasteiger partial charge in [-0.15, -0.1) is 0 Å². The Morgan fingerprint density at radius 3 is 2.82 bits per heavy atom. The molecule has 6 nitrogen and oxygen atoms in total. The van der Waals surface area contributed by atoms with Crippen LogP contribution in [0.2, 0.25) is 0 Å². The van der Waals surface area contributed by atoms with Gasteiger partial charge in [-0.3, -0.25) is 10.1 Å². The quantitative estimate of drug-likeness (QED) is 0.584. The van der Waals surface area contributed by atoms with Crippen LogP contribution >= 0.6 is 0 Å². The van der Waals surface area contributed by atoms with Crippen LogP contribution in [0.3, 0.4) is 0 Å². The van der Waals surface area contributed by atoms with Gasteiger partial charge in [-0.05, 0) is 19.4 Å². The Labute approximate surface area is 99.8 Å². The summed E-state index contributed by atoms with van der Waals surface area (Å²) in [6.07, 6.45) is 1.21. The highest BCUT2D eigenvalue weighted by Crippen LogP contribution is 2.17. The molecule has 0 spiro atoms. The van der Waals surface area contributed by atoms with Crippen molar-refractivity contribution in [2.24, 2.45) is 0 Å². The van der Waals surface area contributed by atoms with E-state index >= 15 is 0 Å². The molecule has 0 aliphatic carbocycles. The van der Waals surface area contributed by atoms with Gasteiger partial charge in [0, 0.05) is 12.6 Å². The molecule has 17 heavy (non-hydrogen) atoms. The summed E-state index contributed by atoms with van der Waals surface area (Å²) >= 11 is 0. The maximum atomic E-state index is 10.6. The van der Waals surface area contributed by atoms with Crippen molar-refractivity contribution in [1.29, 1.82) is 0 Å². The lowest BCUT2D eigenvalue weighted by molar-refractivity contribution is -0.385. The SMILES string of the molecule is CCCC(O)CNc1ccc([N+](=O)[O-])c(C)n1. The Morgan fingerprint density at radius 2 is 2.29 bits per heavy atom. The molecule has 6 heteroatoms. The number of pyridine rings is 1. The molecule has 0 aromatic carbocycles. The molecular formula is C11H17N3O3. The summed E-state index contributed by atoms with van der Waals surface area (Å²) in [5.74, 6) is 0.545. The zero-order valence-electron chi connectivity index (χ0n) is 10.0. The molecule has 1 atom stereocenters. The first-order valence-corrected chi connectivity index (χ1v) is 5.58. The molecule has 0 aliphatic heterocycles. The highest BCUT2D eigenvalue weighted by atomic mass is 16.6. The lowest BCUT2D eigenvalue weighted by Gasteiger charge is -2.11. The summed E-state index contributed by atoms with van der Waals surface area (Å²) in [6, 6.07) is 2.96. The van der Waals surface area contributed by atoms with Gasteiger partial charge in [0.05, 0.1) is 11.0 Å². The van der Waals surface area contributed by atoms with Gasteiger partial charge in [0.1, 0.15) is 11.5 Å². The van der Waals surface area contributed by atoms with Gasteiger partial charge >= 0.3 is 0 Å². The van der Waals surface area contributed by atoms with Crippen LogP contribution in [0.15, 0.2) is 12.1 Å². The average molecular weight is 239 g/mol. The summed E-state index contributed by atoms with van der Waals surface area (Å²) in [5, 5.41) is 23.1. The minimum atomic E-state index is -0.460. The minimum absolute atomic E-state index is 0.00431. The standard InChI is InChI=1S/C11H17N3O3/c1-3-4-9(15)7-12-11-6-5-10(14(16)17)8(2)13-11/h5-6,9,15H,3-4,7H2,1-2H3,(H,12,13). The Bertz CT molecular complexity index is 396. The summed E-state index contributed by atoms with van der Waals surface area (Å²) < 4.78 is 0. The van der Waals surface area contributed by atoms with Crippen LogP contribution in [0.25, 0.3) is 0 Å². The Hall–Kier alpha value is -1.69. The van der Waals surface area contributed by atoms with Crippen molar-refractivity contribution in [3.05, 3.63) is 27.9 Å². The highest BCUT2D eigenvalue weighted by molar-refractivity contribution is 5.44. The highest BCUT2D eigenvalue weighted by Gasteiger charge is 2.12. The van der Waals surface area contributed by atoms with E-state index < -0.39 is 11.0 Å². The van der Waals surface area contributed by atoms with E-state index in [0.717, 1.165) is 12.8 Å². The number of nitrogens with one attached hydrogen (secondary N) is 1. The average Bonchev–Trinajstić information content (AvgIpc) is 2.26. The fourth-order valence-corrected chi connectivity index (χ4v) is 1.50. The van der Waals surface area contributed by atoms with E-state index in [-0.39, 0.29) is 5.69 Å². The number of aliphatic hydroxyl groups is 1. The molecule has 1 aromatic heterocycles. The second-order valence-corrected chi connectivity index (χ2v) is 3.88. The maximum Gasteiger partial charge on any atom is 0.290 e. The topological polar surface area (TPSA) is 88.3 Å². The van der Waals surface area contributed by atoms with E-state index in [9.17, 15) is 15.2 Å². The lowest BCUT2D eigenvalue weighted by Crippen LogP contribution is -2.19. The number of hydrogen-bond donors (Lipinski definition) is 2. The minimum Gasteiger partial charge on any atom is -0.391 e. The van der Waals surface area contributed by atoms with Gasteiger partial charge in [-0.2, -0.15) is 0 Å². The molecule has 2 N–H and O–H groups in total. The molecule has 1 unspecified atom stereocenters. The van der Waals surface area contributed by atoms with Crippen LogP contribution in [0.4, 0.5) is 11.5 Å². The Balaban J connectivity index is 2.62. The Morgan fingerprint density at radius 1 is 1.59 bits per heavy atom. The van der Waals surface area contributed by atoms with E-state index in [2.05, 4.69) is 10.3 Å². The van der Waals surface area contributed by atoms with E-state index in [1.165, 1.54) is 6.07 Å². The lowest BCUT2D eigenvalue weighted by atomic mass is 10.2. The van der Waals surface area contributed by atoms with E-state index in [0.29, 0.717) is 18.1 Å². The summed E-state index contributed by atoms with van der Waals surface area (Å²) in [4.78, 5) is 14.2. The normalized spacial score (nSPS) is 12.2. The number of nitrogens with zero attached hydrogens (tertiary/aromatic N) is 2. The van der Waals surface area contributed by atoms with Crippen LogP contribution < -0.4 is 5.32 Å². The summed E-state index contributed by atoms with van der Waals surface area (Å²) in [5.41, 5.74) is 0.370. The molecule has 0 amide bonds. The van der Waals surface area contributed by atoms with Crippen molar-refractivity contribution in [3.63, 3.8) is 0 Å². The Kier molecular flexibility index (Phi) is 4.84. The van der Waals surface area contributed by atoms with Gasteiger partial charge in [0.15, 0.2) is 0 Å². The number of aliphatic hydroxyl groups excluding tert-OH is 1. The second-order valence-electron chi connectivity index (χ2n) is 3.88. The van der Waals surface area contributed by atoms with E-state index in [1.54, 1.807) is 13.0 Å². The number of aryl methyl sites for hydroxylation is 1. The third-order valence-corrected chi connectivity index (χ3v) is 2.40. The van der Waals surface area contributed by atoms with Gasteiger partial charge in [0.2, 0.25) is 0 Å². The monoisotopic (exact) mass is 239 g/mol. The third kappa shape index (κ3) is 3.99. The summed E-state index contributed by atoms with van der Waals surface area (Å²) in [7, 11) is 0. The first-order valence-electron chi connectivity index (χ1n) is 5.58. The van der Waals surface area contributed by atoms with Crippen LogP contribution in [0.5, 0.6) is 0 Å². The van der Waals surface area contributed by atoms with Gasteiger partial charge in [-0.1, -0.05) is 13.3 Å². The molecule has 1 heterocycles. The van der Waals surface area contributed by atoms with Crippen LogP contribution in [-0.4, -0.2) is 27.7 Å². The smallest absolute Gasteiger partial charge is 0.290 e. The predicted octanol–water partition coefficient (Wildman–Crippen LogP) is 1.87. The fraction of sp³-hybridized carbons (Fsp3) is 0.545. The second kappa shape index (κ2) is 6.15. The third-order valence-electron chi connectivity index (χ3n) is 2.40. The fourth-order valence-electron chi connectivity index (χ4n) is 1.50. The van der Waals surface area contributed by atoms with Gasteiger partial charge < -0.3 is 10.4 Å². The molecule has 0 saturated heterocycles. The molecule has 94 valence electrons. The summed E-state index contributed by atoms with van der Waals surface area (Å²) in [6.45, 7) is 3.99. The molecule has 0 bridgehead atoms. The first kappa shape index (κ1) is 13.4. The molecule has 0 saturated carbocycles. The predicted molar refractivity (Wildman–Crippen MR) is 65.0 cm³/mol. The molecule has 1 aromatic rings. The van der Waals surface area contributed by atoms with Crippen LogP contribution in [-0.2, 0) is 0 Å². The van der Waals surface area contributed by atoms with Crippen molar-refractivity contribution in [1.82, 2.24) is 4.98 Å². The molecule has 0 fully saturated rings. The molecule has 1 rings (SSSR count). The number of rotatable bonds is 6. The molecule has 0 radical (unpaired) electrons. The number of hydrogen-bond acceptors (Lipinski definition) is 5. The van der Waals surface area contributed by atoms with Gasteiger partial charge in [0.25, 0.3) is 5.69 Å². The largest absolute Gasteiger partial charge is 0.391 e. The molecular weight excluding hydrogens is 222 g/mol. The van der Waals surface area contributed by atoms with Crippen molar-refractivity contribution in [2.75, 3.05) is 11.9 Å². The van der Waals surface area contributed by atoms with Crippen molar-refractivity contribution >= 4 is 11.5 Å². The van der Waals surface area contributed by atoms with Gasteiger partial charge in [-0.25, -0.2) is 4.98 Å².